The van der Waals surface area contributed by atoms with E-state index in [1.807, 2.05) is 36.4 Å². The van der Waals surface area contributed by atoms with Crippen LogP contribution in [-0.4, -0.2) is 35.2 Å². The Bertz CT molecular complexity index is 630. The first kappa shape index (κ1) is 13.6. The first-order valence-corrected chi connectivity index (χ1v) is 6.98. The van der Waals surface area contributed by atoms with Crippen molar-refractivity contribution < 1.29 is 9.90 Å². The van der Waals surface area contributed by atoms with Crippen molar-refractivity contribution in [1.29, 1.82) is 0 Å². The van der Waals surface area contributed by atoms with Crippen molar-refractivity contribution in [1.82, 2.24) is 4.98 Å². The van der Waals surface area contributed by atoms with Crippen LogP contribution in [0.4, 0.5) is 11.4 Å². The molecule has 0 spiro atoms. The van der Waals surface area contributed by atoms with Gasteiger partial charge in [-0.15, -0.1) is 0 Å². The van der Waals surface area contributed by atoms with Crippen molar-refractivity contribution in [3.05, 3.63) is 54.4 Å². The van der Waals surface area contributed by atoms with Gasteiger partial charge < -0.3 is 15.3 Å². The Hall–Kier alpha value is -2.40. The van der Waals surface area contributed by atoms with Gasteiger partial charge in [-0.25, -0.2) is 0 Å². The Morgan fingerprint density at radius 1 is 1.29 bits per heavy atom. The van der Waals surface area contributed by atoms with Crippen LogP contribution in [0.15, 0.2) is 48.7 Å². The Morgan fingerprint density at radius 3 is 2.81 bits per heavy atom. The molecular weight excluding hydrogens is 266 g/mol. The van der Waals surface area contributed by atoms with Crippen LogP contribution in [0.25, 0.3) is 0 Å². The zero-order valence-electron chi connectivity index (χ0n) is 11.6. The number of carbonyl (C=O) groups is 1. The fourth-order valence-electron chi connectivity index (χ4n) is 2.43. The minimum Gasteiger partial charge on any atom is -0.391 e. The molecule has 21 heavy (non-hydrogen) atoms. The zero-order valence-corrected chi connectivity index (χ0v) is 11.6. The standard InChI is InChI=1S/C16H17N3O2/c20-14-7-9-19(11-14)13-6-8-17-15(10-13)16(21)18-12-4-2-1-3-5-12/h1-6,8,10,14,20H,7,9,11H2,(H,18,21). The molecule has 1 aromatic heterocycles. The molecule has 1 atom stereocenters. The van der Waals surface area contributed by atoms with Gasteiger partial charge in [0.2, 0.25) is 0 Å². The summed E-state index contributed by atoms with van der Waals surface area (Å²) < 4.78 is 0. The second-order valence-electron chi connectivity index (χ2n) is 5.11. The molecule has 5 heteroatoms. The Labute approximate surface area is 123 Å². The number of amides is 1. The number of hydrogen-bond donors (Lipinski definition) is 2. The number of para-hydroxylation sites is 1. The minimum atomic E-state index is -0.292. The summed E-state index contributed by atoms with van der Waals surface area (Å²) in [6, 6.07) is 12.9. The second-order valence-corrected chi connectivity index (χ2v) is 5.11. The molecule has 3 rings (SSSR count). The molecule has 1 aliphatic heterocycles. The van der Waals surface area contributed by atoms with Gasteiger partial charge in [-0.05, 0) is 30.7 Å². The number of β-amino-alcohol motifs (C(OH)–C–C–N with tert-alkyl or cyclic N) is 1. The summed E-state index contributed by atoms with van der Waals surface area (Å²) in [4.78, 5) is 18.4. The van der Waals surface area contributed by atoms with Crippen LogP contribution in [0.1, 0.15) is 16.9 Å². The number of benzene rings is 1. The van der Waals surface area contributed by atoms with Crippen LogP contribution >= 0.6 is 0 Å². The van der Waals surface area contributed by atoms with Crippen molar-refractivity contribution in [2.75, 3.05) is 23.3 Å². The number of aliphatic hydroxyl groups excluding tert-OH is 1. The summed E-state index contributed by atoms with van der Waals surface area (Å²) in [5.41, 5.74) is 2.03. The van der Waals surface area contributed by atoms with Crippen molar-refractivity contribution in [2.45, 2.75) is 12.5 Å². The number of anilines is 2. The number of rotatable bonds is 3. The second kappa shape index (κ2) is 5.93. The minimum absolute atomic E-state index is 0.234. The third kappa shape index (κ3) is 3.20. The molecule has 108 valence electrons. The molecule has 0 radical (unpaired) electrons. The topological polar surface area (TPSA) is 65.5 Å². The van der Waals surface area contributed by atoms with Crippen molar-refractivity contribution >= 4 is 17.3 Å². The lowest BCUT2D eigenvalue weighted by Crippen LogP contribution is -2.22. The van der Waals surface area contributed by atoms with Crippen molar-refractivity contribution in [3.63, 3.8) is 0 Å². The van der Waals surface area contributed by atoms with E-state index in [0.29, 0.717) is 12.2 Å². The van der Waals surface area contributed by atoms with Crippen LogP contribution in [-0.2, 0) is 0 Å². The number of nitrogens with zero attached hydrogens (tertiary/aromatic N) is 2. The fraction of sp³-hybridized carbons (Fsp3) is 0.250. The summed E-state index contributed by atoms with van der Waals surface area (Å²) in [5, 5.41) is 12.4. The molecular formula is C16H17N3O2. The Kier molecular flexibility index (Phi) is 3.83. The van der Waals surface area contributed by atoms with Gasteiger partial charge in [-0.1, -0.05) is 18.2 Å². The quantitative estimate of drug-likeness (QED) is 0.903. The molecule has 2 heterocycles. The molecule has 1 saturated heterocycles. The highest BCUT2D eigenvalue weighted by Gasteiger charge is 2.21. The van der Waals surface area contributed by atoms with E-state index in [4.69, 9.17) is 0 Å². The van der Waals surface area contributed by atoms with Gasteiger partial charge in [0.05, 0.1) is 6.10 Å². The van der Waals surface area contributed by atoms with E-state index in [9.17, 15) is 9.90 Å². The molecule has 0 aliphatic carbocycles. The molecule has 0 bridgehead atoms. The number of carbonyl (C=O) groups excluding carboxylic acids is 1. The summed E-state index contributed by atoms with van der Waals surface area (Å²) in [5.74, 6) is -0.234. The van der Waals surface area contributed by atoms with E-state index in [2.05, 4.69) is 15.2 Å². The van der Waals surface area contributed by atoms with Crippen LogP contribution in [0, 0.1) is 0 Å². The molecule has 5 nitrogen and oxygen atoms in total. The Morgan fingerprint density at radius 2 is 2.10 bits per heavy atom. The monoisotopic (exact) mass is 283 g/mol. The highest BCUT2D eigenvalue weighted by atomic mass is 16.3. The van der Waals surface area contributed by atoms with Crippen molar-refractivity contribution in [2.24, 2.45) is 0 Å². The summed E-state index contributed by atoms with van der Waals surface area (Å²) in [6.07, 6.45) is 2.09. The zero-order chi connectivity index (χ0) is 14.7. The summed E-state index contributed by atoms with van der Waals surface area (Å²) in [7, 11) is 0. The Balaban J connectivity index is 1.75. The number of aliphatic hydroxyl groups is 1. The molecule has 1 aliphatic rings. The highest BCUT2D eigenvalue weighted by Crippen LogP contribution is 2.21. The lowest BCUT2D eigenvalue weighted by molar-refractivity contribution is 0.102. The first-order chi connectivity index (χ1) is 10.2. The largest absolute Gasteiger partial charge is 0.391 e. The van der Waals surface area contributed by atoms with Gasteiger partial charge in [0.25, 0.3) is 5.91 Å². The molecule has 2 N–H and O–H groups in total. The fourth-order valence-corrected chi connectivity index (χ4v) is 2.43. The van der Waals surface area contributed by atoms with Gasteiger partial charge in [0, 0.05) is 30.7 Å². The number of nitrogens with one attached hydrogen (secondary N) is 1. The van der Waals surface area contributed by atoms with E-state index < -0.39 is 0 Å². The van der Waals surface area contributed by atoms with E-state index in [1.165, 1.54) is 0 Å². The molecule has 2 aromatic rings. The van der Waals surface area contributed by atoms with E-state index in [1.54, 1.807) is 12.3 Å². The average molecular weight is 283 g/mol. The van der Waals surface area contributed by atoms with E-state index >= 15 is 0 Å². The SMILES string of the molecule is O=C(Nc1ccccc1)c1cc(N2CCC(O)C2)ccn1. The maximum absolute atomic E-state index is 12.2. The first-order valence-electron chi connectivity index (χ1n) is 6.98. The van der Waals surface area contributed by atoms with E-state index in [0.717, 1.165) is 24.3 Å². The number of pyridine rings is 1. The average Bonchev–Trinajstić information content (AvgIpc) is 2.95. The third-order valence-corrected chi connectivity index (χ3v) is 3.54. The molecule has 1 unspecified atom stereocenters. The third-order valence-electron chi connectivity index (χ3n) is 3.54. The van der Waals surface area contributed by atoms with Crippen molar-refractivity contribution in [3.8, 4) is 0 Å². The van der Waals surface area contributed by atoms with Crippen LogP contribution in [0.3, 0.4) is 0 Å². The predicted octanol–water partition coefficient (Wildman–Crippen LogP) is 1.90. The maximum atomic E-state index is 12.2. The normalized spacial score (nSPS) is 17.8. The molecule has 1 amide bonds. The molecule has 1 aromatic carbocycles. The molecule has 0 saturated carbocycles. The van der Waals surface area contributed by atoms with Gasteiger partial charge in [0.15, 0.2) is 0 Å². The lowest BCUT2D eigenvalue weighted by Gasteiger charge is -2.18. The summed E-state index contributed by atoms with van der Waals surface area (Å²) in [6.45, 7) is 1.40. The van der Waals surface area contributed by atoms with E-state index in [-0.39, 0.29) is 12.0 Å². The smallest absolute Gasteiger partial charge is 0.274 e. The van der Waals surface area contributed by atoms with Crippen LogP contribution < -0.4 is 10.2 Å². The van der Waals surface area contributed by atoms with Crippen LogP contribution in [0.5, 0.6) is 0 Å². The summed E-state index contributed by atoms with van der Waals surface area (Å²) >= 11 is 0. The molecule has 1 fully saturated rings. The lowest BCUT2D eigenvalue weighted by atomic mass is 10.2. The van der Waals surface area contributed by atoms with Gasteiger partial charge in [-0.2, -0.15) is 0 Å². The van der Waals surface area contributed by atoms with Crippen LogP contribution in [0.2, 0.25) is 0 Å². The van der Waals surface area contributed by atoms with Gasteiger partial charge in [-0.3, -0.25) is 9.78 Å². The van der Waals surface area contributed by atoms with Gasteiger partial charge in [0.1, 0.15) is 5.69 Å². The number of hydrogen-bond acceptors (Lipinski definition) is 4. The highest BCUT2D eigenvalue weighted by molar-refractivity contribution is 6.03. The predicted molar refractivity (Wildman–Crippen MR) is 81.5 cm³/mol. The van der Waals surface area contributed by atoms with Gasteiger partial charge >= 0.3 is 0 Å². The number of aromatic nitrogens is 1. The maximum Gasteiger partial charge on any atom is 0.274 e.